The van der Waals surface area contributed by atoms with Crippen LogP contribution >= 0.6 is 0 Å². The molecule has 5 heteroatoms. The number of carbonyl (C=O) groups excluding carboxylic acids is 1. The normalized spacial score (nSPS) is 15.9. The lowest BCUT2D eigenvalue weighted by molar-refractivity contribution is -0.147. The quantitative estimate of drug-likeness (QED) is 0.691. The molecule has 0 N–H and O–H groups in total. The van der Waals surface area contributed by atoms with Crippen LogP contribution in [-0.4, -0.2) is 11.1 Å². The first-order valence-electron chi connectivity index (χ1n) is 7.05. The lowest BCUT2D eigenvalue weighted by Crippen LogP contribution is -2.26. The topological polar surface area (TPSA) is 65.5 Å². The minimum absolute atomic E-state index is 0.0989. The molecule has 0 spiro atoms. The van der Waals surface area contributed by atoms with E-state index in [1.165, 1.54) is 5.56 Å². The van der Waals surface area contributed by atoms with E-state index in [0.29, 0.717) is 17.2 Å². The van der Waals surface area contributed by atoms with Crippen LogP contribution in [-0.2, 0) is 22.6 Å². The molecular weight excluding hydrogens is 282 g/mol. The number of fused-ring (bicyclic) bond motifs is 1. The van der Waals surface area contributed by atoms with Gasteiger partial charge in [0.2, 0.25) is 5.76 Å². The maximum absolute atomic E-state index is 12.1. The van der Waals surface area contributed by atoms with Gasteiger partial charge in [-0.3, -0.25) is 4.79 Å². The Morgan fingerprint density at radius 3 is 2.95 bits per heavy atom. The van der Waals surface area contributed by atoms with Crippen molar-refractivity contribution >= 4 is 5.97 Å². The van der Waals surface area contributed by atoms with Gasteiger partial charge >= 0.3 is 5.97 Å². The summed E-state index contributed by atoms with van der Waals surface area (Å²) in [6.07, 6.45) is 2.30. The Labute approximate surface area is 126 Å². The zero-order valence-electron chi connectivity index (χ0n) is 11.7. The second-order valence-electron chi connectivity index (χ2n) is 5.22. The molecule has 0 amide bonds. The second kappa shape index (κ2) is 5.18. The number of benzene rings is 1. The van der Waals surface area contributed by atoms with Gasteiger partial charge in [-0.2, -0.15) is 0 Å². The van der Waals surface area contributed by atoms with Crippen molar-refractivity contribution in [2.45, 2.75) is 18.9 Å². The summed E-state index contributed by atoms with van der Waals surface area (Å²) in [5.74, 6) is 0.733. The molecule has 110 valence electrons. The highest BCUT2D eigenvalue weighted by Crippen LogP contribution is 2.35. The van der Waals surface area contributed by atoms with Crippen molar-refractivity contribution in [2.75, 3.05) is 0 Å². The highest BCUT2D eigenvalue weighted by Gasteiger charge is 2.33. The lowest BCUT2D eigenvalue weighted by Gasteiger charge is -2.27. The van der Waals surface area contributed by atoms with Gasteiger partial charge in [0.25, 0.3) is 0 Å². The van der Waals surface area contributed by atoms with Crippen LogP contribution in [0.4, 0.5) is 0 Å². The summed E-state index contributed by atoms with van der Waals surface area (Å²) in [6.45, 7) is 0.0989. The molecule has 0 fully saturated rings. The van der Waals surface area contributed by atoms with Gasteiger partial charge < -0.3 is 13.7 Å². The molecule has 1 aliphatic carbocycles. The third kappa shape index (κ3) is 2.20. The van der Waals surface area contributed by atoms with Gasteiger partial charge in [-0.05, 0) is 29.7 Å². The van der Waals surface area contributed by atoms with E-state index in [4.69, 9.17) is 13.7 Å². The number of rotatable bonds is 4. The highest BCUT2D eigenvalue weighted by atomic mass is 16.5. The molecule has 22 heavy (non-hydrogen) atoms. The van der Waals surface area contributed by atoms with E-state index in [2.05, 4.69) is 5.16 Å². The molecule has 2 heterocycles. The fourth-order valence-electron chi connectivity index (χ4n) is 2.63. The van der Waals surface area contributed by atoms with Crippen LogP contribution in [0.15, 0.2) is 57.7 Å². The molecule has 3 aromatic rings. The smallest absolute Gasteiger partial charge is 0.314 e. The summed E-state index contributed by atoms with van der Waals surface area (Å²) < 4.78 is 15.7. The van der Waals surface area contributed by atoms with Crippen molar-refractivity contribution in [3.63, 3.8) is 0 Å². The van der Waals surface area contributed by atoms with Crippen molar-refractivity contribution in [3.8, 4) is 11.5 Å². The van der Waals surface area contributed by atoms with Crippen LogP contribution in [0, 0.1) is 0 Å². The Bertz CT molecular complexity index is 804. The fourth-order valence-corrected chi connectivity index (χ4v) is 2.63. The number of nitrogens with zero attached hydrogens (tertiary/aromatic N) is 1. The summed E-state index contributed by atoms with van der Waals surface area (Å²) in [5, 5.41) is 3.88. The number of aromatic nitrogens is 1. The Balaban J connectivity index is 1.39. The summed E-state index contributed by atoms with van der Waals surface area (Å²) >= 11 is 0. The van der Waals surface area contributed by atoms with Gasteiger partial charge in [0.1, 0.15) is 12.3 Å². The van der Waals surface area contributed by atoms with E-state index in [1.54, 1.807) is 24.5 Å². The van der Waals surface area contributed by atoms with Gasteiger partial charge in [0.15, 0.2) is 5.76 Å². The zero-order valence-corrected chi connectivity index (χ0v) is 11.7. The first-order chi connectivity index (χ1) is 10.8. The third-order valence-electron chi connectivity index (χ3n) is 3.82. The minimum atomic E-state index is -0.221. The van der Waals surface area contributed by atoms with Crippen LogP contribution < -0.4 is 0 Å². The van der Waals surface area contributed by atoms with Crippen LogP contribution in [0.2, 0.25) is 0 Å². The third-order valence-corrected chi connectivity index (χ3v) is 3.82. The number of furan rings is 1. The van der Waals surface area contributed by atoms with Gasteiger partial charge in [0, 0.05) is 6.07 Å². The standard InChI is InChI=1S/C17H13NO4/c19-17(14-8-11-4-1-2-5-13(11)14)21-10-12-9-16(22-18-12)15-6-3-7-20-15/h1-7,9,14H,8,10H2. The molecule has 1 unspecified atom stereocenters. The molecule has 0 radical (unpaired) electrons. The molecule has 4 rings (SSSR count). The number of hydrogen-bond acceptors (Lipinski definition) is 5. The van der Waals surface area contributed by atoms with E-state index in [0.717, 1.165) is 12.0 Å². The average Bonchev–Trinajstić information content (AvgIpc) is 3.17. The molecule has 1 atom stereocenters. The number of hydrogen-bond donors (Lipinski definition) is 0. The molecule has 1 aliphatic rings. The maximum Gasteiger partial charge on any atom is 0.314 e. The molecule has 0 aliphatic heterocycles. The van der Waals surface area contributed by atoms with Gasteiger partial charge in [-0.1, -0.05) is 29.4 Å². The average molecular weight is 295 g/mol. The van der Waals surface area contributed by atoms with Crippen LogP contribution in [0.25, 0.3) is 11.5 Å². The van der Waals surface area contributed by atoms with Crippen molar-refractivity contribution in [3.05, 3.63) is 65.5 Å². The fraction of sp³-hybridized carbons (Fsp3) is 0.176. The van der Waals surface area contributed by atoms with Crippen molar-refractivity contribution in [2.24, 2.45) is 0 Å². The summed E-state index contributed by atoms with van der Waals surface area (Å²) in [5.41, 5.74) is 2.84. The maximum atomic E-state index is 12.1. The molecule has 0 saturated heterocycles. The van der Waals surface area contributed by atoms with E-state index in [1.807, 2.05) is 24.3 Å². The van der Waals surface area contributed by atoms with Crippen LogP contribution in [0.5, 0.6) is 0 Å². The monoisotopic (exact) mass is 295 g/mol. The van der Waals surface area contributed by atoms with E-state index in [9.17, 15) is 4.79 Å². The predicted octanol–water partition coefficient (Wildman–Crippen LogP) is 3.32. The number of ether oxygens (including phenoxy) is 1. The molecular formula is C17H13NO4. The van der Waals surface area contributed by atoms with Gasteiger partial charge in [0.05, 0.1) is 12.2 Å². The number of carbonyl (C=O) groups is 1. The molecule has 1 aromatic carbocycles. The van der Waals surface area contributed by atoms with Crippen molar-refractivity contribution < 1.29 is 18.5 Å². The molecule has 0 saturated carbocycles. The zero-order chi connectivity index (χ0) is 14.9. The Morgan fingerprint density at radius 1 is 1.23 bits per heavy atom. The largest absolute Gasteiger partial charge is 0.461 e. The molecule has 2 aromatic heterocycles. The summed E-state index contributed by atoms with van der Waals surface area (Å²) in [6, 6.07) is 13.2. The summed E-state index contributed by atoms with van der Waals surface area (Å²) in [4.78, 5) is 12.1. The second-order valence-corrected chi connectivity index (χ2v) is 5.22. The Hall–Kier alpha value is -2.82. The Morgan fingerprint density at radius 2 is 2.14 bits per heavy atom. The van der Waals surface area contributed by atoms with E-state index < -0.39 is 0 Å². The van der Waals surface area contributed by atoms with E-state index in [-0.39, 0.29) is 18.5 Å². The first-order valence-corrected chi connectivity index (χ1v) is 7.05. The minimum Gasteiger partial charge on any atom is -0.461 e. The van der Waals surface area contributed by atoms with Gasteiger partial charge in [-0.25, -0.2) is 0 Å². The van der Waals surface area contributed by atoms with Crippen molar-refractivity contribution in [1.82, 2.24) is 5.16 Å². The van der Waals surface area contributed by atoms with Crippen molar-refractivity contribution in [1.29, 1.82) is 0 Å². The lowest BCUT2D eigenvalue weighted by atomic mass is 9.78. The predicted molar refractivity (Wildman–Crippen MR) is 76.9 cm³/mol. The molecule has 5 nitrogen and oxygen atoms in total. The SMILES string of the molecule is O=C(OCc1cc(-c2ccco2)on1)C1Cc2ccccc21. The number of esters is 1. The highest BCUT2D eigenvalue weighted by molar-refractivity contribution is 5.82. The first kappa shape index (κ1) is 12.9. The van der Waals surface area contributed by atoms with Gasteiger partial charge in [-0.15, -0.1) is 0 Å². The van der Waals surface area contributed by atoms with Crippen LogP contribution in [0.1, 0.15) is 22.7 Å². The summed E-state index contributed by atoms with van der Waals surface area (Å²) in [7, 11) is 0. The Kier molecular flexibility index (Phi) is 3.04. The van der Waals surface area contributed by atoms with Crippen LogP contribution in [0.3, 0.4) is 0 Å². The molecule has 0 bridgehead atoms. The van der Waals surface area contributed by atoms with E-state index >= 15 is 0 Å².